The maximum absolute atomic E-state index is 9.48. The lowest BCUT2D eigenvalue weighted by Crippen LogP contribution is -2.02. The van der Waals surface area contributed by atoms with Crippen LogP contribution in [0.5, 0.6) is 5.75 Å². The van der Waals surface area contributed by atoms with Crippen molar-refractivity contribution < 1.29 is 5.11 Å². The molecule has 68 valence electrons. The summed E-state index contributed by atoms with van der Waals surface area (Å²) in [7, 11) is 1.88. The third-order valence-corrected chi connectivity index (χ3v) is 3.14. The number of nitrogens with one attached hydrogen (secondary N) is 1. The fraction of sp³-hybridized carbons (Fsp3) is 0.556. The van der Waals surface area contributed by atoms with Crippen LogP contribution in [0.15, 0.2) is 6.07 Å². The Hall–Kier alpha value is -0.540. The summed E-state index contributed by atoms with van der Waals surface area (Å²) in [6.45, 7) is 5.02. The maximum Gasteiger partial charge on any atom is 0.131 e. The van der Waals surface area contributed by atoms with Crippen LogP contribution in [0.2, 0.25) is 0 Å². The third kappa shape index (κ3) is 1.99. The minimum absolute atomic E-state index is 0.429. The van der Waals surface area contributed by atoms with Crippen LogP contribution in [-0.4, -0.2) is 12.2 Å². The molecule has 1 heterocycles. The highest BCUT2D eigenvalue weighted by Gasteiger charge is 2.09. The van der Waals surface area contributed by atoms with Crippen molar-refractivity contribution in [3.05, 3.63) is 15.8 Å². The second-order valence-electron chi connectivity index (χ2n) is 3.14. The first kappa shape index (κ1) is 9.55. The molecule has 12 heavy (non-hydrogen) atoms. The number of rotatable bonds is 3. The first-order chi connectivity index (χ1) is 5.65. The van der Waals surface area contributed by atoms with Crippen molar-refractivity contribution in [3.63, 3.8) is 0 Å². The first-order valence-electron chi connectivity index (χ1n) is 4.11. The van der Waals surface area contributed by atoms with Crippen LogP contribution < -0.4 is 5.32 Å². The van der Waals surface area contributed by atoms with Crippen molar-refractivity contribution >= 4 is 11.3 Å². The highest BCUT2D eigenvalue weighted by atomic mass is 32.1. The quantitative estimate of drug-likeness (QED) is 0.757. The van der Waals surface area contributed by atoms with E-state index >= 15 is 0 Å². The highest BCUT2D eigenvalue weighted by Crippen LogP contribution is 2.32. The molecular formula is C9H15NOS. The molecule has 0 aromatic carbocycles. The first-order valence-corrected chi connectivity index (χ1v) is 4.93. The third-order valence-electron chi connectivity index (χ3n) is 1.71. The summed E-state index contributed by atoms with van der Waals surface area (Å²) in [6.07, 6.45) is 0. The molecule has 0 saturated heterocycles. The van der Waals surface area contributed by atoms with Crippen LogP contribution >= 0.6 is 11.3 Å². The van der Waals surface area contributed by atoms with Crippen LogP contribution in [0.3, 0.4) is 0 Å². The molecule has 0 unspecified atom stereocenters. The summed E-state index contributed by atoms with van der Waals surface area (Å²) in [4.78, 5) is 2.28. The average molecular weight is 185 g/mol. The van der Waals surface area contributed by atoms with Gasteiger partial charge in [0.05, 0.1) is 4.88 Å². The average Bonchev–Trinajstić information content (AvgIpc) is 2.34. The van der Waals surface area contributed by atoms with E-state index in [4.69, 9.17) is 0 Å². The molecule has 0 amide bonds. The van der Waals surface area contributed by atoms with Crippen molar-refractivity contribution in [3.8, 4) is 5.75 Å². The zero-order chi connectivity index (χ0) is 9.14. The molecule has 0 aliphatic rings. The van der Waals surface area contributed by atoms with Gasteiger partial charge in [0.25, 0.3) is 0 Å². The van der Waals surface area contributed by atoms with E-state index in [1.807, 2.05) is 13.1 Å². The van der Waals surface area contributed by atoms with Gasteiger partial charge in [-0.15, -0.1) is 11.3 Å². The van der Waals surface area contributed by atoms with Crippen LogP contribution in [-0.2, 0) is 6.54 Å². The minimum Gasteiger partial charge on any atom is -0.507 e. The summed E-state index contributed by atoms with van der Waals surface area (Å²) >= 11 is 1.68. The molecule has 1 rings (SSSR count). The van der Waals surface area contributed by atoms with Gasteiger partial charge in [0.1, 0.15) is 5.75 Å². The molecule has 0 bridgehead atoms. The lowest BCUT2D eigenvalue weighted by Gasteiger charge is -1.97. The molecule has 1 aromatic rings. The van der Waals surface area contributed by atoms with E-state index in [-0.39, 0.29) is 0 Å². The van der Waals surface area contributed by atoms with E-state index in [0.29, 0.717) is 11.7 Å². The zero-order valence-corrected chi connectivity index (χ0v) is 8.53. The van der Waals surface area contributed by atoms with Crippen LogP contribution in [0.1, 0.15) is 29.5 Å². The Morgan fingerprint density at radius 3 is 2.67 bits per heavy atom. The standard InChI is InChI=1S/C9H15NOS/c1-6(2)8-4-7(11)9(12-8)5-10-3/h4,6,10-11H,5H2,1-3H3. The lowest BCUT2D eigenvalue weighted by atomic mass is 10.2. The molecular weight excluding hydrogens is 170 g/mol. The molecule has 0 fully saturated rings. The Morgan fingerprint density at radius 1 is 1.58 bits per heavy atom. The Balaban J connectivity index is 2.85. The van der Waals surface area contributed by atoms with Crippen LogP contribution in [0.25, 0.3) is 0 Å². The molecule has 0 atom stereocenters. The number of hydrogen-bond acceptors (Lipinski definition) is 3. The molecule has 0 aliphatic heterocycles. The van der Waals surface area contributed by atoms with E-state index in [1.165, 1.54) is 4.88 Å². The summed E-state index contributed by atoms with van der Waals surface area (Å²) in [5.74, 6) is 0.935. The van der Waals surface area contributed by atoms with Gasteiger partial charge in [-0.3, -0.25) is 0 Å². The topological polar surface area (TPSA) is 32.3 Å². The van der Waals surface area contributed by atoms with E-state index in [1.54, 1.807) is 11.3 Å². The number of aromatic hydroxyl groups is 1. The molecule has 2 N–H and O–H groups in total. The van der Waals surface area contributed by atoms with E-state index in [2.05, 4.69) is 19.2 Å². The molecule has 3 heteroatoms. The van der Waals surface area contributed by atoms with Gasteiger partial charge in [0, 0.05) is 11.4 Å². The summed E-state index contributed by atoms with van der Waals surface area (Å²) < 4.78 is 0. The van der Waals surface area contributed by atoms with Gasteiger partial charge in [-0.1, -0.05) is 13.8 Å². The molecule has 0 spiro atoms. The summed E-state index contributed by atoms with van der Waals surface area (Å²) in [5.41, 5.74) is 0. The Morgan fingerprint density at radius 2 is 2.25 bits per heavy atom. The summed E-state index contributed by atoms with van der Waals surface area (Å²) in [5, 5.41) is 12.5. The van der Waals surface area contributed by atoms with Crippen LogP contribution in [0, 0.1) is 0 Å². The Kier molecular flexibility index (Phi) is 3.12. The lowest BCUT2D eigenvalue weighted by molar-refractivity contribution is 0.469. The molecule has 2 nitrogen and oxygen atoms in total. The van der Waals surface area contributed by atoms with E-state index < -0.39 is 0 Å². The maximum atomic E-state index is 9.48. The fourth-order valence-corrected chi connectivity index (χ4v) is 2.08. The van der Waals surface area contributed by atoms with Gasteiger partial charge >= 0.3 is 0 Å². The van der Waals surface area contributed by atoms with E-state index in [9.17, 15) is 5.11 Å². The summed E-state index contributed by atoms with van der Waals surface area (Å²) in [6, 6.07) is 1.86. The highest BCUT2D eigenvalue weighted by molar-refractivity contribution is 7.12. The molecule has 0 saturated carbocycles. The number of thiophene rings is 1. The normalized spacial score (nSPS) is 11.0. The van der Waals surface area contributed by atoms with Crippen molar-refractivity contribution in [1.29, 1.82) is 0 Å². The molecule has 0 aliphatic carbocycles. The monoisotopic (exact) mass is 185 g/mol. The van der Waals surface area contributed by atoms with Crippen molar-refractivity contribution in [2.24, 2.45) is 0 Å². The second kappa shape index (κ2) is 3.92. The zero-order valence-electron chi connectivity index (χ0n) is 7.72. The SMILES string of the molecule is CNCc1sc(C(C)C)cc1O. The Bertz CT molecular complexity index is 255. The van der Waals surface area contributed by atoms with Gasteiger partial charge in [-0.2, -0.15) is 0 Å². The fourth-order valence-electron chi connectivity index (χ4n) is 1.01. The number of hydrogen-bond donors (Lipinski definition) is 2. The van der Waals surface area contributed by atoms with Gasteiger partial charge < -0.3 is 10.4 Å². The predicted molar refractivity (Wildman–Crippen MR) is 52.8 cm³/mol. The van der Waals surface area contributed by atoms with E-state index in [0.717, 1.165) is 11.4 Å². The van der Waals surface area contributed by atoms with Gasteiger partial charge in [-0.05, 0) is 19.0 Å². The predicted octanol–water partition coefficient (Wildman–Crippen LogP) is 2.30. The van der Waals surface area contributed by atoms with Crippen LogP contribution in [0.4, 0.5) is 0 Å². The van der Waals surface area contributed by atoms with Crippen molar-refractivity contribution in [2.45, 2.75) is 26.3 Å². The Labute approximate surface area is 77.2 Å². The molecule has 1 aromatic heterocycles. The smallest absolute Gasteiger partial charge is 0.131 e. The van der Waals surface area contributed by atoms with Crippen molar-refractivity contribution in [2.75, 3.05) is 7.05 Å². The van der Waals surface area contributed by atoms with Gasteiger partial charge in [0.2, 0.25) is 0 Å². The largest absolute Gasteiger partial charge is 0.507 e. The van der Waals surface area contributed by atoms with Crippen molar-refractivity contribution in [1.82, 2.24) is 5.32 Å². The molecule has 0 radical (unpaired) electrons. The minimum atomic E-state index is 0.429. The van der Waals surface area contributed by atoms with Gasteiger partial charge in [0.15, 0.2) is 0 Å². The van der Waals surface area contributed by atoms with Gasteiger partial charge in [-0.25, -0.2) is 0 Å². The second-order valence-corrected chi connectivity index (χ2v) is 4.31.